The van der Waals surface area contributed by atoms with Gasteiger partial charge in [-0.2, -0.15) is 0 Å². The third-order valence-electron chi connectivity index (χ3n) is 3.20. The van der Waals surface area contributed by atoms with Gasteiger partial charge in [0.15, 0.2) is 0 Å². The first-order valence-electron chi connectivity index (χ1n) is 5.96. The van der Waals surface area contributed by atoms with Gasteiger partial charge in [-0.3, -0.25) is 14.9 Å². The molecule has 1 atom stereocenters. The van der Waals surface area contributed by atoms with E-state index in [1.807, 2.05) is 6.92 Å². The summed E-state index contributed by atoms with van der Waals surface area (Å²) in [7, 11) is 0. The zero-order chi connectivity index (χ0) is 14.9. The van der Waals surface area contributed by atoms with Gasteiger partial charge in [0.25, 0.3) is 11.6 Å². The van der Waals surface area contributed by atoms with E-state index in [0.29, 0.717) is 19.6 Å². The van der Waals surface area contributed by atoms with Crippen LogP contribution < -0.4 is 11.1 Å². The van der Waals surface area contributed by atoms with Gasteiger partial charge in [0.2, 0.25) is 0 Å². The molecule has 1 aliphatic rings. The zero-order valence-corrected chi connectivity index (χ0v) is 11.6. The molecule has 1 fully saturated rings. The van der Waals surface area contributed by atoms with E-state index in [1.54, 1.807) is 0 Å². The molecule has 0 bridgehead atoms. The molecule has 7 nitrogen and oxygen atoms in total. The van der Waals surface area contributed by atoms with Crippen LogP contribution in [0.2, 0.25) is 5.02 Å². The molecule has 1 saturated heterocycles. The largest absolute Gasteiger partial charge is 0.392 e. The van der Waals surface area contributed by atoms with Crippen LogP contribution in [0.3, 0.4) is 0 Å². The number of nitro groups is 1. The molecule has 108 valence electrons. The number of nitrogen functional groups attached to an aromatic ring is 1. The number of nitrogens with two attached hydrogens (primary N) is 1. The second-order valence-electron chi connectivity index (χ2n) is 4.97. The van der Waals surface area contributed by atoms with Crippen LogP contribution in [0.15, 0.2) is 12.1 Å². The van der Waals surface area contributed by atoms with E-state index < -0.39 is 16.4 Å². The Hall–Kier alpha value is -1.86. The maximum Gasteiger partial charge on any atom is 0.294 e. The number of nitro benzene ring substituents is 1. The van der Waals surface area contributed by atoms with Crippen molar-refractivity contribution < 1.29 is 14.5 Å². The van der Waals surface area contributed by atoms with Gasteiger partial charge in [0, 0.05) is 18.2 Å². The van der Waals surface area contributed by atoms with Gasteiger partial charge in [-0.1, -0.05) is 11.6 Å². The molecule has 1 amide bonds. The van der Waals surface area contributed by atoms with Crippen molar-refractivity contribution in [2.75, 3.05) is 18.9 Å². The highest BCUT2D eigenvalue weighted by molar-refractivity contribution is 6.34. The standard InChI is InChI=1S/C12H14ClN3O4/c1-12(2-3-20-6-12)15-11(17)7-4-8(13)10(14)9(5-7)16(18)19/h4-5H,2-3,6,14H2,1H3,(H,15,17). The van der Waals surface area contributed by atoms with Gasteiger partial charge in [0.05, 0.1) is 22.1 Å². The lowest BCUT2D eigenvalue weighted by molar-refractivity contribution is -0.383. The normalized spacial score (nSPS) is 21.7. The van der Waals surface area contributed by atoms with Crippen molar-refractivity contribution in [3.8, 4) is 0 Å². The van der Waals surface area contributed by atoms with Crippen LogP contribution >= 0.6 is 11.6 Å². The number of ether oxygens (including phenoxy) is 1. The Labute approximate surface area is 120 Å². The number of anilines is 1. The molecular weight excluding hydrogens is 286 g/mol. The second-order valence-corrected chi connectivity index (χ2v) is 5.37. The van der Waals surface area contributed by atoms with Gasteiger partial charge < -0.3 is 15.8 Å². The summed E-state index contributed by atoms with van der Waals surface area (Å²) in [5, 5.41) is 13.7. The molecule has 0 aliphatic carbocycles. The van der Waals surface area contributed by atoms with E-state index in [-0.39, 0.29) is 22.0 Å². The third-order valence-corrected chi connectivity index (χ3v) is 3.51. The fourth-order valence-electron chi connectivity index (χ4n) is 2.00. The van der Waals surface area contributed by atoms with Crippen LogP contribution in [0, 0.1) is 10.1 Å². The highest BCUT2D eigenvalue weighted by Crippen LogP contribution is 2.31. The molecule has 0 aromatic heterocycles. The lowest BCUT2D eigenvalue weighted by Gasteiger charge is -2.23. The number of benzene rings is 1. The molecule has 1 aromatic rings. The van der Waals surface area contributed by atoms with E-state index in [4.69, 9.17) is 22.1 Å². The Balaban J connectivity index is 2.28. The molecule has 3 N–H and O–H groups in total. The number of rotatable bonds is 3. The number of nitrogens with zero attached hydrogens (tertiary/aromatic N) is 1. The topological polar surface area (TPSA) is 107 Å². The Kier molecular flexibility index (Phi) is 3.82. The van der Waals surface area contributed by atoms with Crippen molar-refractivity contribution in [1.29, 1.82) is 0 Å². The van der Waals surface area contributed by atoms with E-state index >= 15 is 0 Å². The van der Waals surface area contributed by atoms with Crippen molar-refractivity contribution >= 4 is 28.9 Å². The highest BCUT2D eigenvalue weighted by atomic mass is 35.5. The summed E-state index contributed by atoms with van der Waals surface area (Å²) in [6.07, 6.45) is 0.684. The summed E-state index contributed by atoms with van der Waals surface area (Å²) in [6, 6.07) is 2.44. The van der Waals surface area contributed by atoms with Crippen LogP contribution in [0.4, 0.5) is 11.4 Å². The van der Waals surface area contributed by atoms with E-state index in [2.05, 4.69) is 5.32 Å². The Morgan fingerprint density at radius 1 is 1.60 bits per heavy atom. The number of hydrogen-bond donors (Lipinski definition) is 2. The second kappa shape index (κ2) is 5.26. The lowest BCUT2D eigenvalue weighted by Crippen LogP contribution is -2.46. The van der Waals surface area contributed by atoms with E-state index in [1.165, 1.54) is 6.07 Å². The summed E-state index contributed by atoms with van der Waals surface area (Å²) < 4.78 is 5.23. The van der Waals surface area contributed by atoms with Crippen molar-refractivity contribution in [3.63, 3.8) is 0 Å². The molecular formula is C12H14ClN3O4. The van der Waals surface area contributed by atoms with Crippen LogP contribution in [0.1, 0.15) is 23.7 Å². The molecule has 1 aliphatic heterocycles. The number of amides is 1. The van der Waals surface area contributed by atoms with Gasteiger partial charge in [0.1, 0.15) is 5.69 Å². The summed E-state index contributed by atoms with van der Waals surface area (Å²) >= 11 is 5.82. The number of halogens is 1. The van der Waals surface area contributed by atoms with Crippen LogP contribution in [0.25, 0.3) is 0 Å². The summed E-state index contributed by atoms with van der Waals surface area (Å²) in [5.74, 6) is -0.442. The minimum atomic E-state index is -0.668. The molecule has 0 saturated carbocycles. The van der Waals surface area contributed by atoms with Gasteiger partial charge in [-0.05, 0) is 19.4 Å². The van der Waals surface area contributed by atoms with E-state index in [0.717, 1.165) is 6.07 Å². The fraction of sp³-hybridized carbons (Fsp3) is 0.417. The van der Waals surface area contributed by atoms with Crippen LogP contribution in [-0.2, 0) is 4.74 Å². The summed E-state index contributed by atoms with van der Waals surface area (Å²) in [5.41, 5.74) is 4.62. The average molecular weight is 300 g/mol. The Bertz CT molecular complexity index is 570. The monoisotopic (exact) mass is 299 g/mol. The Morgan fingerprint density at radius 2 is 2.30 bits per heavy atom. The molecule has 1 unspecified atom stereocenters. The smallest absolute Gasteiger partial charge is 0.294 e. The van der Waals surface area contributed by atoms with Gasteiger partial charge in [-0.15, -0.1) is 0 Å². The summed E-state index contributed by atoms with van der Waals surface area (Å²) in [6.45, 7) is 2.83. The quantitative estimate of drug-likeness (QED) is 0.502. The first-order valence-corrected chi connectivity index (χ1v) is 6.34. The summed E-state index contributed by atoms with van der Waals surface area (Å²) in [4.78, 5) is 22.4. The minimum absolute atomic E-state index is 0.0165. The van der Waals surface area contributed by atoms with Crippen molar-refractivity contribution in [2.24, 2.45) is 0 Å². The SMILES string of the molecule is CC1(NC(=O)c2cc(Cl)c(N)c([N+](=O)[O-])c2)CCOC1. The molecule has 8 heteroatoms. The van der Waals surface area contributed by atoms with Crippen molar-refractivity contribution in [3.05, 3.63) is 32.8 Å². The number of carbonyl (C=O) groups excluding carboxylic acids is 1. The fourth-order valence-corrected chi connectivity index (χ4v) is 2.21. The maximum atomic E-state index is 12.2. The first-order chi connectivity index (χ1) is 9.32. The predicted octanol–water partition coefficient (Wildman–Crippen LogP) is 1.74. The van der Waals surface area contributed by atoms with Crippen molar-refractivity contribution in [2.45, 2.75) is 18.9 Å². The average Bonchev–Trinajstić information content (AvgIpc) is 2.78. The molecule has 2 rings (SSSR count). The maximum absolute atomic E-state index is 12.2. The molecule has 0 radical (unpaired) electrons. The van der Waals surface area contributed by atoms with Crippen LogP contribution in [-0.4, -0.2) is 29.6 Å². The predicted molar refractivity (Wildman–Crippen MR) is 73.8 cm³/mol. The number of carbonyl (C=O) groups is 1. The highest BCUT2D eigenvalue weighted by Gasteiger charge is 2.32. The minimum Gasteiger partial charge on any atom is -0.392 e. The lowest BCUT2D eigenvalue weighted by atomic mass is 10.0. The zero-order valence-electron chi connectivity index (χ0n) is 10.8. The van der Waals surface area contributed by atoms with Gasteiger partial charge in [-0.25, -0.2) is 0 Å². The van der Waals surface area contributed by atoms with Gasteiger partial charge >= 0.3 is 0 Å². The first kappa shape index (κ1) is 14.5. The molecule has 1 heterocycles. The molecule has 20 heavy (non-hydrogen) atoms. The molecule has 1 aromatic carbocycles. The molecule has 0 spiro atoms. The van der Waals surface area contributed by atoms with E-state index in [9.17, 15) is 14.9 Å². The van der Waals surface area contributed by atoms with Crippen LogP contribution in [0.5, 0.6) is 0 Å². The third kappa shape index (κ3) is 2.83. The number of hydrogen-bond acceptors (Lipinski definition) is 5. The van der Waals surface area contributed by atoms with Crippen molar-refractivity contribution in [1.82, 2.24) is 5.32 Å². The Morgan fingerprint density at radius 3 is 2.85 bits per heavy atom. The number of nitrogens with one attached hydrogen (secondary N) is 1.